The number of nitrogens with one attached hydrogen (secondary N) is 1. The summed E-state index contributed by atoms with van der Waals surface area (Å²) in [7, 11) is -2.41. The summed E-state index contributed by atoms with van der Waals surface area (Å²) < 4.78 is 26.7. The molecule has 0 saturated heterocycles. The fraction of sp³-hybridized carbons (Fsp3) is 0.300. The van der Waals surface area contributed by atoms with Gasteiger partial charge in [0.05, 0.1) is 17.0 Å². The van der Waals surface area contributed by atoms with Crippen LogP contribution in [0.4, 0.5) is 5.69 Å². The first-order valence-corrected chi connectivity index (χ1v) is 12.5. The van der Waals surface area contributed by atoms with Crippen LogP contribution < -0.4 is 9.62 Å². The number of likely N-dealkylation sites (N-methyl/N-ethyl adjacent to an activating group) is 1. The van der Waals surface area contributed by atoms with Gasteiger partial charge in [0.1, 0.15) is 12.6 Å². The number of rotatable bonds is 8. The quantitative estimate of drug-likeness (QED) is 0.543. The van der Waals surface area contributed by atoms with Crippen LogP contribution in [0.25, 0.3) is 0 Å². The molecule has 0 aromatic heterocycles. The maximum Gasteiger partial charge on any atom is 0.244 e. The van der Waals surface area contributed by atoms with Crippen LogP contribution in [0.5, 0.6) is 0 Å². The van der Waals surface area contributed by atoms with Crippen LogP contribution in [0.2, 0.25) is 10.0 Å². The molecule has 0 aliphatic heterocycles. The molecular weight excluding hydrogens is 529 g/mol. The van der Waals surface area contributed by atoms with Gasteiger partial charge in [0.15, 0.2) is 0 Å². The standard InChI is InChI=1S/C20H22BrCl2N3O4S/c1-13(20(28)24-2)25(11-14-5-4-6-15(21)9-14)19(27)12-26(31(3,29)30)18-10-16(22)7-8-17(18)23/h4-10,13H,11-12H2,1-3H3,(H,24,28)/t13-/m1/s1. The summed E-state index contributed by atoms with van der Waals surface area (Å²) in [4.78, 5) is 26.9. The molecule has 2 aromatic carbocycles. The van der Waals surface area contributed by atoms with Crippen molar-refractivity contribution in [1.29, 1.82) is 0 Å². The van der Waals surface area contributed by atoms with Gasteiger partial charge in [-0.05, 0) is 42.8 Å². The van der Waals surface area contributed by atoms with Crippen molar-refractivity contribution in [2.75, 3.05) is 24.2 Å². The highest BCUT2D eigenvalue weighted by molar-refractivity contribution is 9.10. The molecule has 0 aliphatic rings. The average molecular weight is 551 g/mol. The molecule has 0 aliphatic carbocycles. The molecule has 7 nitrogen and oxygen atoms in total. The summed E-state index contributed by atoms with van der Waals surface area (Å²) in [6.45, 7) is 1.13. The lowest BCUT2D eigenvalue weighted by Gasteiger charge is -2.31. The number of halogens is 3. The monoisotopic (exact) mass is 549 g/mol. The van der Waals surface area contributed by atoms with Crippen LogP contribution in [-0.2, 0) is 26.2 Å². The van der Waals surface area contributed by atoms with E-state index in [1.54, 1.807) is 13.0 Å². The van der Waals surface area contributed by atoms with Crippen LogP contribution in [0.15, 0.2) is 46.9 Å². The van der Waals surface area contributed by atoms with E-state index in [1.807, 2.05) is 18.2 Å². The molecule has 0 spiro atoms. The second-order valence-electron chi connectivity index (χ2n) is 6.81. The first-order chi connectivity index (χ1) is 14.4. The number of nitrogens with zero attached hydrogens (tertiary/aromatic N) is 2. The van der Waals surface area contributed by atoms with Gasteiger partial charge in [-0.25, -0.2) is 8.42 Å². The Labute approximate surface area is 200 Å². The summed E-state index contributed by atoms with van der Waals surface area (Å²) in [5, 5.41) is 2.91. The van der Waals surface area contributed by atoms with Crippen LogP contribution in [-0.4, -0.2) is 51.0 Å². The van der Waals surface area contributed by atoms with E-state index < -0.39 is 28.5 Å². The summed E-state index contributed by atoms with van der Waals surface area (Å²) in [5.41, 5.74) is 0.852. The number of anilines is 1. The highest BCUT2D eigenvalue weighted by Crippen LogP contribution is 2.31. The minimum absolute atomic E-state index is 0.0834. The van der Waals surface area contributed by atoms with Crippen LogP contribution >= 0.6 is 39.1 Å². The zero-order valence-corrected chi connectivity index (χ0v) is 21.0. The predicted octanol–water partition coefficient (Wildman–Crippen LogP) is 3.69. The molecule has 11 heteroatoms. The van der Waals surface area contributed by atoms with Crippen LogP contribution in [0.1, 0.15) is 12.5 Å². The van der Waals surface area contributed by atoms with Crippen molar-refractivity contribution in [3.8, 4) is 0 Å². The van der Waals surface area contributed by atoms with Crippen molar-refractivity contribution in [3.05, 3.63) is 62.5 Å². The highest BCUT2D eigenvalue weighted by atomic mass is 79.9. The zero-order chi connectivity index (χ0) is 23.3. The SMILES string of the molecule is CNC(=O)[C@@H](C)N(Cc1cccc(Br)c1)C(=O)CN(c1cc(Cl)ccc1Cl)S(C)(=O)=O. The summed E-state index contributed by atoms with van der Waals surface area (Å²) in [6, 6.07) is 10.8. The van der Waals surface area contributed by atoms with E-state index in [1.165, 1.54) is 30.1 Å². The summed E-state index contributed by atoms with van der Waals surface area (Å²) in [5.74, 6) is -0.951. The Morgan fingerprint density at radius 3 is 2.42 bits per heavy atom. The number of carbonyl (C=O) groups is 2. The maximum absolute atomic E-state index is 13.3. The Morgan fingerprint density at radius 2 is 1.84 bits per heavy atom. The number of sulfonamides is 1. The van der Waals surface area contributed by atoms with E-state index in [0.29, 0.717) is 0 Å². The Bertz CT molecular complexity index is 1080. The van der Waals surface area contributed by atoms with Crippen molar-refractivity contribution in [3.63, 3.8) is 0 Å². The van der Waals surface area contributed by atoms with E-state index in [2.05, 4.69) is 21.2 Å². The Hall–Kier alpha value is -1.81. The largest absolute Gasteiger partial charge is 0.357 e. The first-order valence-electron chi connectivity index (χ1n) is 9.12. The molecule has 0 heterocycles. The van der Waals surface area contributed by atoms with Gasteiger partial charge in [-0.3, -0.25) is 13.9 Å². The topological polar surface area (TPSA) is 86.8 Å². The maximum atomic E-state index is 13.3. The molecule has 0 radical (unpaired) electrons. The third-order valence-electron chi connectivity index (χ3n) is 4.51. The lowest BCUT2D eigenvalue weighted by molar-refractivity contribution is -0.139. The van der Waals surface area contributed by atoms with Gasteiger partial charge in [0, 0.05) is 23.1 Å². The van der Waals surface area contributed by atoms with Gasteiger partial charge < -0.3 is 10.2 Å². The van der Waals surface area contributed by atoms with E-state index in [4.69, 9.17) is 23.2 Å². The third kappa shape index (κ3) is 6.83. The Kier molecular flexibility index (Phi) is 8.76. The molecular formula is C20H22BrCl2N3O4S. The number of hydrogen-bond donors (Lipinski definition) is 1. The van der Waals surface area contributed by atoms with E-state index in [-0.39, 0.29) is 28.2 Å². The van der Waals surface area contributed by atoms with E-state index >= 15 is 0 Å². The second-order valence-corrected chi connectivity index (χ2v) is 10.5. The normalized spacial score (nSPS) is 12.2. The smallest absolute Gasteiger partial charge is 0.244 e. The van der Waals surface area contributed by atoms with Crippen LogP contribution in [0.3, 0.4) is 0 Å². The molecule has 31 heavy (non-hydrogen) atoms. The molecule has 1 N–H and O–H groups in total. The van der Waals surface area contributed by atoms with Gasteiger partial charge in [0.25, 0.3) is 0 Å². The average Bonchev–Trinajstić information content (AvgIpc) is 2.70. The first kappa shape index (κ1) is 25.5. The lowest BCUT2D eigenvalue weighted by Crippen LogP contribution is -2.50. The molecule has 0 unspecified atom stereocenters. The van der Waals surface area contributed by atoms with Crippen molar-refractivity contribution < 1.29 is 18.0 Å². The minimum Gasteiger partial charge on any atom is -0.357 e. The minimum atomic E-state index is -3.88. The molecule has 0 saturated carbocycles. The zero-order valence-electron chi connectivity index (χ0n) is 17.1. The van der Waals surface area contributed by atoms with Crippen molar-refractivity contribution in [2.45, 2.75) is 19.5 Å². The van der Waals surface area contributed by atoms with Crippen molar-refractivity contribution >= 4 is 66.7 Å². The van der Waals surface area contributed by atoms with Gasteiger partial charge in [-0.2, -0.15) is 0 Å². The second kappa shape index (κ2) is 10.7. The highest BCUT2D eigenvalue weighted by Gasteiger charge is 2.30. The third-order valence-corrected chi connectivity index (χ3v) is 6.69. The molecule has 0 fully saturated rings. The number of benzene rings is 2. The van der Waals surface area contributed by atoms with Crippen molar-refractivity contribution in [2.24, 2.45) is 0 Å². The van der Waals surface area contributed by atoms with E-state index in [9.17, 15) is 18.0 Å². The number of hydrogen-bond acceptors (Lipinski definition) is 4. The van der Waals surface area contributed by atoms with Gasteiger partial charge >= 0.3 is 0 Å². The predicted molar refractivity (Wildman–Crippen MR) is 127 cm³/mol. The summed E-state index contributed by atoms with van der Waals surface area (Å²) in [6.07, 6.45) is 0.971. The molecule has 0 bridgehead atoms. The van der Waals surface area contributed by atoms with Crippen LogP contribution in [0, 0.1) is 0 Å². The van der Waals surface area contributed by atoms with Gasteiger partial charge in [-0.15, -0.1) is 0 Å². The Balaban J connectivity index is 2.43. The number of carbonyl (C=O) groups excluding carboxylic acids is 2. The molecule has 1 atom stereocenters. The fourth-order valence-electron chi connectivity index (χ4n) is 2.90. The molecule has 168 valence electrons. The lowest BCUT2D eigenvalue weighted by atomic mass is 10.1. The van der Waals surface area contributed by atoms with E-state index in [0.717, 1.165) is 20.6 Å². The van der Waals surface area contributed by atoms with Gasteiger partial charge in [0.2, 0.25) is 21.8 Å². The van der Waals surface area contributed by atoms with Gasteiger partial charge in [-0.1, -0.05) is 51.3 Å². The fourth-order valence-corrected chi connectivity index (χ4v) is 4.63. The summed E-state index contributed by atoms with van der Waals surface area (Å²) >= 11 is 15.6. The molecule has 2 rings (SSSR count). The number of amides is 2. The molecule has 2 amide bonds. The Morgan fingerprint density at radius 1 is 1.16 bits per heavy atom. The van der Waals surface area contributed by atoms with Crippen molar-refractivity contribution in [1.82, 2.24) is 10.2 Å². The molecule has 2 aromatic rings.